The van der Waals surface area contributed by atoms with Gasteiger partial charge in [0.25, 0.3) is 0 Å². The van der Waals surface area contributed by atoms with E-state index in [-0.39, 0.29) is 0 Å². The molecule has 0 saturated heterocycles. The van der Waals surface area contributed by atoms with Crippen LogP contribution in [0, 0.1) is 0 Å². The van der Waals surface area contributed by atoms with E-state index < -0.39 is 0 Å². The molecule has 0 bridgehead atoms. The third-order valence-corrected chi connectivity index (χ3v) is 2.92. The second-order valence-corrected chi connectivity index (χ2v) is 4.49. The second-order valence-electron chi connectivity index (χ2n) is 4.49. The van der Waals surface area contributed by atoms with E-state index in [2.05, 4.69) is 15.0 Å². The van der Waals surface area contributed by atoms with Gasteiger partial charge in [-0.1, -0.05) is 0 Å². The molecule has 2 heterocycles. The monoisotopic (exact) mass is 284 g/mol. The number of ether oxygens (including phenoxy) is 2. The zero-order chi connectivity index (χ0) is 14.7. The quantitative estimate of drug-likeness (QED) is 0.703. The number of benzene rings is 1. The van der Waals surface area contributed by atoms with E-state index in [9.17, 15) is 0 Å². The minimum atomic E-state index is 0.338. The van der Waals surface area contributed by atoms with Crippen LogP contribution < -0.4 is 15.2 Å². The predicted octanol–water partition coefficient (Wildman–Crippen LogP) is 2.52. The van der Waals surface area contributed by atoms with Crippen LogP contribution in [0.3, 0.4) is 0 Å². The summed E-state index contributed by atoms with van der Waals surface area (Å²) in [6.45, 7) is 2.84. The number of nitrogens with zero attached hydrogens (tertiary/aromatic N) is 2. The lowest BCUT2D eigenvalue weighted by atomic mass is 10.3. The lowest BCUT2D eigenvalue weighted by molar-refractivity contribution is 0.297. The van der Waals surface area contributed by atoms with Gasteiger partial charge in [-0.3, -0.25) is 0 Å². The summed E-state index contributed by atoms with van der Waals surface area (Å²) in [5, 5.41) is 0. The first-order chi connectivity index (χ1) is 10.2. The molecule has 0 aliphatic rings. The van der Waals surface area contributed by atoms with Crippen molar-refractivity contribution in [3.05, 3.63) is 42.2 Å². The Hall–Kier alpha value is -2.76. The maximum absolute atomic E-state index is 5.65. The molecule has 0 aliphatic carbocycles. The molecule has 0 atom stereocenters. The van der Waals surface area contributed by atoms with Gasteiger partial charge in [0.1, 0.15) is 18.2 Å². The normalized spacial score (nSPS) is 10.7. The number of aromatic nitrogens is 3. The Balaban J connectivity index is 1.73. The predicted molar refractivity (Wildman–Crippen MR) is 80.2 cm³/mol. The molecule has 3 aromatic rings. The van der Waals surface area contributed by atoms with Crippen molar-refractivity contribution in [1.29, 1.82) is 0 Å². The Kier molecular flexibility index (Phi) is 3.59. The molecule has 0 spiro atoms. The van der Waals surface area contributed by atoms with Crippen LogP contribution in [0.1, 0.15) is 12.7 Å². The third-order valence-electron chi connectivity index (χ3n) is 2.92. The van der Waals surface area contributed by atoms with E-state index in [4.69, 9.17) is 15.2 Å². The lowest BCUT2D eigenvalue weighted by Gasteiger charge is -2.03. The van der Waals surface area contributed by atoms with Gasteiger partial charge >= 0.3 is 0 Å². The van der Waals surface area contributed by atoms with Gasteiger partial charge in [-0.05, 0) is 37.3 Å². The zero-order valence-corrected chi connectivity index (χ0v) is 11.7. The zero-order valence-electron chi connectivity index (χ0n) is 11.7. The molecule has 0 amide bonds. The number of nitrogens with one attached hydrogen (secondary N) is 1. The summed E-state index contributed by atoms with van der Waals surface area (Å²) < 4.78 is 11.0. The van der Waals surface area contributed by atoms with Crippen molar-refractivity contribution in [2.75, 3.05) is 12.3 Å². The van der Waals surface area contributed by atoms with Crippen LogP contribution in [0.5, 0.6) is 11.6 Å². The second kappa shape index (κ2) is 5.70. The van der Waals surface area contributed by atoms with Crippen LogP contribution in [-0.2, 0) is 6.61 Å². The number of fused-ring (bicyclic) bond motifs is 1. The van der Waals surface area contributed by atoms with Crippen LogP contribution in [0.4, 0.5) is 5.69 Å². The number of imidazole rings is 1. The Bertz CT molecular complexity index is 737. The van der Waals surface area contributed by atoms with Crippen LogP contribution in [0.2, 0.25) is 0 Å². The van der Waals surface area contributed by atoms with Gasteiger partial charge in [-0.15, -0.1) is 0 Å². The summed E-state index contributed by atoms with van der Waals surface area (Å²) in [7, 11) is 0. The van der Waals surface area contributed by atoms with E-state index in [0.717, 1.165) is 11.3 Å². The fourth-order valence-electron chi connectivity index (χ4n) is 1.94. The maximum Gasteiger partial charge on any atom is 0.215 e. The van der Waals surface area contributed by atoms with Gasteiger partial charge in [0.05, 0.1) is 12.1 Å². The van der Waals surface area contributed by atoms with E-state index >= 15 is 0 Å². The van der Waals surface area contributed by atoms with Gasteiger partial charge in [0.15, 0.2) is 5.65 Å². The minimum Gasteiger partial charge on any atom is -0.486 e. The Morgan fingerprint density at radius 1 is 1.05 bits per heavy atom. The highest BCUT2D eigenvalue weighted by atomic mass is 16.5. The summed E-state index contributed by atoms with van der Waals surface area (Å²) >= 11 is 0. The van der Waals surface area contributed by atoms with Gasteiger partial charge in [0.2, 0.25) is 5.88 Å². The molecule has 1 aromatic carbocycles. The number of aromatic amines is 1. The molecule has 2 aromatic heterocycles. The van der Waals surface area contributed by atoms with Crippen LogP contribution >= 0.6 is 0 Å². The smallest absolute Gasteiger partial charge is 0.215 e. The Morgan fingerprint density at radius 3 is 2.62 bits per heavy atom. The standard InChI is InChI=1S/C15H16N4O2/c1-2-20-14-8-7-12-15(19-14)18-13(17-12)9-21-11-5-3-10(16)4-6-11/h3-8H,2,9,16H2,1H3,(H,17,18,19). The summed E-state index contributed by atoms with van der Waals surface area (Å²) in [6.07, 6.45) is 0. The Morgan fingerprint density at radius 2 is 1.86 bits per heavy atom. The largest absolute Gasteiger partial charge is 0.486 e. The molecule has 0 saturated carbocycles. The molecular weight excluding hydrogens is 268 g/mol. The first-order valence-electron chi connectivity index (χ1n) is 6.71. The van der Waals surface area contributed by atoms with Crippen LogP contribution in [-0.4, -0.2) is 21.6 Å². The van der Waals surface area contributed by atoms with Gasteiger partial charge in [0, 0.05) is 11.8 Å². The maximum atomic E-state index is 5.65. The first kappa shape index (κ1) is 13.2. The van der Waals surface area contributed by atoms with E-state index in [0.29, 0.717) is 36.3 Å². The van der Waals surface area contributed by atoms with Crippen LogP contribution in [0.15, 0.2) is 36.4 Å². The molecule has 6 heteroatoms. The Labute approximate surface area is 121 Å². The van der Waals surface area contributed by atoms with Crippen molar-refractivity contribution < 1.29 is 9.47 Å². The molecule has 6 nitrogen and oxygen atoms in total. The highest BCUT2D eigenvalue weighted by Crippen LogP contribution is 2.17. The fraction of sp³-hybridized carbons (Fsp3) is 0.200. The van der Waals surface area contributed by atoms with Crippen molar-refractivity contribution in [3.63, 3.8) is 0 Å². The van der Waals surface area contributed by atoms with Crippen molar-refractivity contribution in [3.8, 4) is 11.6 Å². The number of rotatable bonds is 5. The molecular formula is C15H16N4O2. The third kappa shape index (κ3) is 3.05. The van der Waals surface area contributed by atoms with Crippen LogP contribution in [0.25, 0.3) is 11.2 Å². The highest BCUT2D eigenvalue weighted by molar-refractivity contribution is 5.71. The molecule has 3 rings (SSSR count). The number of nitrogen functional groups attached to an aromatic ring is 1. The highest BCUT2D eigenvalue weighted by Gasteiger charge is 2.06. The molecule has 0 fully saturated rings. The van der Waals surface area contributed by atoms with Crippen molar-refractivity contribution >= 4 is 16.9 Å². The summed E-state index contributed by atoms with van der Waals surface area (Å²) in [5.74, 6) is 2.03. The number of H-pyrrole nitrogens is 1. The SMILES string of the molecule is CCOc1ccc2[nH]c(COc3ccc(N)cc3)nc2n1. The number of nitrogens with two attached hydrogens (primary N) is 1. The van der Waals surface area contributed by atoms with E-state index in [1.165, 1.54) is 0 Å². The van der Waals surface area contributed by atoms with Crippen molar-refractivity contribution in [1.82, 2.24) is 15.0 Å². The minimum absolute atomic E-state index is 0.338. The number of pyridine rings is 1. The topological polar surface area (TPSA) is 86.0 Å². The number of hydrogen-bond donors (Lipinski definition) is 2. The molecule has 0 radical (unpaired) electrons. The van der Waals surface area contributed by atoms with E-state index in [1.807, 2.05) is 31.2 Å². The van der Waals surface area contributed by atoms with E-state index in [1.54, 1.807) is 12.1 Å². The molecule has 21 heavy (non-hydrogen) atoms. The fourth-order valence-corrected chi connectivity index (χ4v) is 1.94. The average Bonchev–Trinajstić information content (AvgIpc) is 2.89. The molecule has 3 N–H and O–H groups in total. The average molecular weight is 284 g/mol. The molecule has 0 unspecified atom stereocenters. The summed E-state index contributed by atoms with van der Waals surface area (Å²) in [6, 6.07) is 10.9. The number of hydrogen-bond acceptors (Lipinski definition) is 5. The van der Waals surface area contributed by atoms with Gasteiger partial charge in [-0.2, -0.15) is 4.98 Å². The van der Waals surface area contributed by atoms with Crippen molar-refractivity contribution in [2.45, 2.75) is 13.5 Å². The lowest BCUT2D eigenvalue weighted by Crippen LogP contribution is -1.97. The van der Waals surface area contributed by atoms with Crippen molar-refractivity contribution in [2.24, 2.45) is 0 Å². The number of anilines is 1. The summed E-state index contributed by atoms with van der Waals surface area (Å²) in [5.41, 5.74) is 7.81. The van der Waals surface area contributed by atoms with Gasteiger partial charge < -0.3 is 20.2 Å². The molecule has 0 aliphatic heterocycles. The first-order valence-corrected chi connectivity index (χ1v) is 6.71. The summed E-state index contributed by atoms with van der Waals surface area (Å²) in [4.78, 5) is 11.9. The van der Waals surface area contributed by atoms with Gasteiger partial charge in [-0.25, -0.2) is 4.98 Å². The molecule has 108 valence electrons.